The van der Waals surface area contributed by atoms with Crippen molar-refractivity contribution in [3.8, 4) is 0 Å². The molecule has 2 fully saturated rings. The first-order valence-corrected chi connectivity index (χ1v) is 9.10. The Labute approximate surface area is 150 Å². The van der Waals surface area contributed by atoms with Crippen LogP contribution in [0.5, 0.6) is 0 Å². The normalized spacial score (nSPS) is 19.2. The van der Waals surface area contributed by atoms with Crippen molar-refractivity contribution >= 4 is 17.5 Å². The number of piperazine rings is 2. The average molecular weight is 344 g/mol. The Bertz CT molecular complexity index is 618. The van der Waals surface area contributed by atoms with Crippen LogP contribution >= 0.6 is 0 Å². The van der Waals surface area contributed by atoms with E-state index >= 15 is 0 Å². The van der Waals surface area contributed by atoms with Crippen molar-refractivity contribution in [3.63, 3.8) is 0 Å². The van der Waals surface area contributed by atoms with E-state index in [1.807, 2.05) is 9.80 Å². The van der Waals surface area contributed by atoms with E-state index in [-0.39, 0.29) is 11.8 Å². The lowest BCUT2D eigenvalue weighted by Crippen LogP contribution is -2.54. The number of nitrogens with zero attached hydrogens (tertiary/aromatic N) is 4. The number of benzene rings is 1. The second kappa shape index (κ2) is 7.87. The fraction of sp³-hybridized carbons (Fsp3) is 0.579. The zero-order chi connectivity index (χ0) is 17.8. The molecule has 0 unspecified atom stereocenters. The molecule has 0 atom stereocenters. The van der Waals surface area contributed by atoms with E-state index in [1.54, 1.807) is 6.92 Å². The van der Waals surface area contributed by atoms with Gasteiger partial charge in [0.2, 0.25) is 11.8 Å². The van der Waals surface area contributed by atoms with Gasteiger partial charge < -0.3 is 14.7 Å². The van der Waals surface area contributed by atoms with E-state index < -0.39 is 0 Å². The summed E-state index contributed by atoms with van der Waals surface area (Å²) in [5, 5.41) is 0. The zero-order valence-electron chi connectivity index (χ0n) is 15.3. The highest BCUT2D eigenvalue weighted by molar-refractivity contribution is 5.78. The van der Waals surface area contributed by atoms with Gasteiger partial charge in [0.15, 0.2) is 0 Å². The lowest BCUT2D eigenvalue weighted by Gasteiger charge is -2.38. The molecule has 0 N–H and O–H groups in total. The summed E-state index contributed by atoms with van der Waals surface area (Å²) in [6.45, 7) is 10.5. The predicted octanol–water partition coefficient (Wildman–Crippen LogP) is 0.808. The van der Waals surface area contributed by atoms with Crippen LogP contribution < -0.4 is 4.90 Å². The Morgan fingerprint density at radius 3 is 2.16 bits per heavy atom. The highest BCUT2D eigenvalue weighted by Gasteiger charge is 2.25. The molecule has 0 radical (unpaired) electrons. The van der Waals surface area contributed by atoms with Crippen molar-refractivity contribution in [1.82, 2.24) is 14.7 Å². The Balaban J connectivity index is 1.45. The maximum atomic E-state index is 12.6. The summed E-state index contributed by atoms with van der Waals surface area (Å²) in [6, 6.07) is 8.53. The molecule has 136 valence electrons. The van der Waals surface area contributed by atoms with Gasteiger partial charge in [0, 0.05) is 65.0 Å². The van der Waals surface area contributed by atoms with Crippen molar-refractivity contribution in [2.45, 2.75) is 13.8 Å². The molecule has 6 nitrogen and oxygen atoms in total. The van der Waals surface area contributed by atoms with Crippen molar-refractivity contribution < 1.29 is 9.59 Å². The van der Waals surface area contributed by atoms with E-state index in [0.29, 0.717) is 6.54 Å². The Morgan fingerprint density at radius 1 is 0.920 bits per heavy atom. The van der Waals surface area contributed by atoms with Crippen molar-refractivity contribution in [1.29, 1.82) is 0 Å². The fourth-order valence-corrected chi connectivity index (χ4v) is 3.55. The van der Waals surface area contributed by atoms with Crippen LogP contribution in [-0.4, -0.2) is 85.4 Å². The number of carbonyl (C=O) groups is 2. The topological polar surface area (TPSA) is 47.1 Å². The lowest BCUT2D eigenvalue weighted by atomic mass is 10.2. The first-order valence-electron chi connectivity index (χ1n) is 9.10. The highest BCUT2D eigenvalue weighted by atomic mass is 16.2. The minimum absolute atomic E-state index is 0.123. The number of hydrogen-bond acceptors (Lipinski definition) is 4. The number of rotatable bonds is 3. The molecule has 0 saturated carbocycles. The molecule has 2 aliphatic rings. The molecule has 3 rings (SSSR count). The van der Waals surface area contributed by atoms with E-state index in [0.717, 1.165) is 52.4 Å². The first kappa shape index (κ1) is 17.7. The average Bonchev–Trinajstić information content (AvgIpc) is 2.62. The van der Waals surface area contributed by atoms with Gasteiger partial charge in [-0.15, -0.1) is 0 Å². The third kappa shape index (κ3) is 4.51. The van der Waals surface area contributed by atoms with Crippen LogP contribution in [0.15, 0.2) is 24.3 Å². The molecule has 0 aromatic heterocycles. The van der Waals surface area contributed by atoms with Gasteiger partial charge in [-0.3, -0.25) is 14.5 Å². The Hall–Kier alpha value is -2.08. The van der Waals surface area contributed by atoms with Gasteiger partial charge in [-0.25, -0.2) is 0 Å². The van der Waals surface area contributed by atoms with Crippen LogP contribution in [0, 0.1) is 6.92 Å². The molecule has 2 aliphatic heterocycles. The maximum Gasteiger partial charge on any atom is 0.236 e. The summed E-state index contributed by atoms with van der Waals surface area (Å²) in [5.74, 6) is 0.332. The summed E-state index contributed by atoms with van der Waals surface area (Å²) in [7, 11) is 0. The van der Waals surface area contributed by atoms with Crippen molar-refractivity contribution in [2.75, 3.05) is 63.8 Å². The standard InChI is InChI=1S/C19H28N4O2/c1-16-4-3-5-18(14-16)22-10-12-23(13-11-22)19(25)15-20-6-8-21(9-7-20)17(2)24/h3-5,14H,6-13,15H2,1-2H3. The number of carbonyl (C=O) groups excluding carboxylic acids is 2. The summed E-state index contributed by atoms with van der Waals surface area (Å²) in [4.78, 5) is 32.3. The predicted molar refractivity (Wildman–Crippen MR) is 98.7 cm³/mol. The van der Waals surface area contributed by atoms with Gasteiger partial charge >= 0.3 is 0 Å². The molecular weight excluding hydrogens is 316 g/mol. The largest absolute Gasteiger partial charge is 0.368 e. The molecular formula is C19H28N4O2. The Morgan fingerprint density at radius 2 is 1.56 bits per heavy atom. The molecule has 0 aliphatic carbocycles. The summed E-state index contributed by atoms with van der Waals surface area (Å²) >= 11 is 0. The summed E-state index contributed by atoms with van der Waals surface area (Å²) in [5.41, 5.74) is 2.51. The van der Waals surface area contributed by atoms with Crippen LogP contribution in [0.2, 0.25) is 0 Å². The van der Waals surface area contributed by atoms with Gasteiger partial charge in [-0.1, -0.05) is 12.1 Å². The van der Waals surface area contributed by atoms with Crippen LogP contribution in [-0.2, 0) is 9.59 Å². The molecule has 2 heterocycles. The van der Waals surface area contributed by atoms with Crippen LogP contribution in [0.25, 0.3) is 0 Å². The van der Waals surface area contributed by atoms with E-state index in [9.17, 15) is 9.59 Å². The number of hydrogen-bond donors (Lipinski definition) is 0. The molecule has 6 heteroatoms. The quantitative estimate of drug-likeness (QED) is 0.814. The van der Waals surface area contributed by atoms with E-state index in [2.05, 4.69) is 41.0 Å². The number of amides is 2. The number of anilines is 1. The molecule has 1 aromatic carbocycles. The SMILES string of the molecule is CC(=O)N1CCN(CC(=O)N2CCN(c3cccc(C)c3)CC2)CC1. The highest BCUT2D eigenvalue weighted by Crippen LogP contribution is 2.18. The third-order valence-electron chi connectivity index (χ3n) is 5.18. The summed E-state index contributed by atoms with van der Waals surface area (Å²) in [6.07, 6.45) is 0. The number of aryl methyl sites for hydroxylation is 1. The maximum absolute atomic E-state index is 12.6. The Kier molecular flexibility index (Phi) is 5.58. The second-order valence-corrected chi connectivity index (χ2v) is 6.99. The van der Waals surface area contributed by atoms with Crippen LogP contribution in [0.4, 0.5) is 5.69 Å². The third-order valence-corrected chi connectivity index (χ3v) is 5.18. The van der Waals surface area contributed by atoms with Gasteiger partial charge in [-0.05, 0) is 24.6 Å². The van der Waals surface area contributed by atoms with Crippen LogP contribution in [0.3, 0.4) is 0 Å². The van der Waals surface area contributed by atoms with E-state index in [4.69, 9.17) is 0 Å². The van der Waals surface area contributed by atoms with E-state index in [1.165, 1.54) is 11.3 Å². The van der Waals surface area contributed by atoms with Crippen molar-refractivity contribution in [3.05, 3.63) is 29.8 Å². The summed E-state index contributed by atoms with van der Waals surface area (Å²) < 4.78 is 0. The molecule has 2 saturated heterocycles. The van der Waals surface area contributed by atoms with Gasteiger partial charge in [-0.2, -0.15) is 0 Å². The second-order valence-electron chi connectivity index (χ2n) is 6.99. The molecule has 1 aromatic rings. The molecule has 25 heavy (non-hydrogen) atoms. The van der Waals surface area contributed by atoms with Gasteiger partial charge in [0.25, 0.3) is 0 Å². The van der Waals surface area contributed by atoms with Gasteiger partial charge in [0.05, 0.1) is 6.54 Å². The first-order chi connectivity index (χ1) is 12.0. The van der Waals surface area contributed by atoms with Crippen molar-refractivity contribution in [2.24, 2.45) is 0 Å². The molecule has 0 spiro atoms. The molecule has 2 amide bonds. The lowest BCUT2D eigenvalue weighted by molar-refractivity contribution is -0.134. The smallest absolute Gasteiger partial charge is 0.236 e. The fourth-order valence-electron chi connectivity index (χ4n) is 3.55. The zero-order valence-corrected chi connectivity index (χ0v) is 15.3. The minimum atomic E-state index is 0.123. The molecule has 0 bridgehead atoms. The monoisotopic (exact) mass is 344 g/mol. The minimum Gasteiger partial charge on any atom is -0.368 e. The van der Waals surface area contributed by atoms with Gasteiger partial charge in [0.1, 0.15) is 0 Å². The van der Waals surface area contributed by atoms with Crippen LogP contribution in [0.1, 0.15) is 12.5 Å².